The van der Waals surface area contributed by atoms with Crippen molar-refractivity contribution < 1.29 is 9.59 Å². The van der Waals surface area contributed by atoms with Crippen molar-refractivity contribution in [3.63, 3.8) is 0 Å². The van der Waals surface area contributed by atoms with Crippen molar-refractivity contribution in [1.29, 1.82) is 0 Å². The maximum absolute atomic E-state index is 12.2. The van der Waals surface area contributed by atoms with E-state index in [0.29, 0.717) is 13.1 Å². The molecule has 4 heteroatoms. The minimum atomic E-state index is -0.139. The molecule has 0 saturated carbocycles. The molecule has 0 aromatic heterocycles. The van der Waals surface area contributed by atoms with Gasteiger partial charge in [-0.1, -0.05) is 38.2 Å². The molecular formula is C19H30N2O2. The highest BCUT2D eigenvalue weighted by atomic mass is 16.2. The fraction of sp³-hybridized carbons (Fsp3) is 0.684. The van der Waals surface area contributed by atoms with Crippen molar-refractivity contribution in [2.75, 3.05) is 13.1 Å². The summed E-state index contributed by atoms with van der Waals surface area (Å²) in [4.78, 5) is 24.4. The van der Waals surface area contributed by atoms with Crippen LogP contribution in [-0.2, 0) is 9.59 Å². The van der Waals surface area contributed by atoms with Gasteiger partial charge < -0.3 is 10.6 Å². The van der Waals surface area contributed by atoms with Gasteiger partial charge in [0.25, 0.3) is 0 Å². The lowest BCUT2D eigenvalue weighted by atomic mass is 9.90. The second kappa shape index (κ2) is 8.32. The summed E-state index contributed by atoms with van der Waals surface area (Å²) in [5, 5.41) is 6.12. The van der Waals surface area contributed by atoms with E-state index in [-0.39, 0.29) is 29.1 Å². The minimum Gasteiger partial charge on any atom is -0.355 e. The Morgan fingerprint density at radius 2 is 1.30 bits per heavy atom. The van der Waals surface area contributed by atoms with Crippen molar-refractivity contribution in [2.24, 2.45) is 17.3 Å². The number of amides is 2. The first-order valence-corrected chi connectivity index (χ1v) is 8.83. The second-order valence-electron chi connectivity index (χ2n) is 7.56. The first-order chi connectivity index (χ1) is 11.0. The summed E-state index contributed by atoms with van der Waals surface area (Å²) >= 11 is 0. The van der Waals surface area contributed by atoms with E-state index in [9.17, 15) is 9.59 Å². The summed E-state index contributed by atoms with van der Waals surface area (Å²) in [5.41, 5.74) is -0.139. The highest BCUT2D eigenvalue weighted by Crippen LogP contribution is 2.20. The minimum absolute atomic E-state index is 0.111. The van der Waals surface area contributed by atoms with Crippen LogP contribution in [0.2, 0.25) is 0 Å². The Kier molecular flexibility index (Phi) is 6.43. The van der Waals surface area contributed by atoms with Crippen LogP contribution < -0.4 is 10.6 Å². The molecule has 2 aliphatic carbocycles. The predicted octanol–water partition coefficient (Wildman–Crippen LogP) is 2.96. The molecule has 128 valence electrons. The number of nitrogens with one attached hydrogen (secondary N) is 2. The van der Waals surface area contributed by atoms with Gasteiger partial charge in [0.05, 0.1) is 0 Å². The highest BCUT2D eigenvalue weighted by Gasteiger charge is 2.25. The zero-order valence-corrected chi connectivity index (χ0v) is 14.4. The molecule has 0 saturated heterocycles. The molecule has 0 bridgehead atoms. The lowest BCUT2D eigenvalue weighted by Crippen LogP contribution is -2.44. The van der Waals surface area contributed by atoms with Gasteiger partial charge in [-0.2, -0.15) is 0 Å². The Bertz CT molecular complexity index is 438. The SMILES string of the molecule is CC(C)(CNC(=O)C1CC=CCC1)CNC(=O)C1CC=CCC1. The van der Waals surface area contributed by atoms with E-state index < -0.39 is 0 Å². The molecule has 2 unspecified atom stereocenters. The van der Waals surface area contributed by atoms with Crippen LogP contribution in [0.25, 0.3) is 0 Å². The molecule has 2 amide bonds. The number of carbonyl (C=O) groups excluding carboxylic acids is 2. The van der Waals surface area contributed by atoms with Crippen LogP contribution >= 0.6 is 0 Å². The van der Waals surface area contributed by atoms with Crippen LogP contribution in [0.4, 0.5) is 0 Å². The van der Waals surface area contributed by atoms with Crippen LogP contribution in [0.1, 0.15) is 52.4 Å². The lowest BCUT2D eigenvalue weighted by molar-refractivity contribution is -0.125. The Labute approximate surface area is 139 Å². The summed E-state index contributed by atoms with van der Waals surface area (Å²) < 4.78 is 0. The van der Waals surface area contributed by atoms with E-state index in [1.54, 1.807) is 0 Å². The topological polar surface area (TPSA) is 58.2 Å². The van der Waals surface area contributed by atoms with Crippen LogP contribution in [0, 0.1) is 17.3 Å². The van der Waals surface area contributed by atoms with E-state index in [1.165, 1.54) is 0 Å². The summed E-state index contributed by atoms with van der Waals surface area (Å²) in [6, 6.07) is 0. The van der Waals surface area contributed by atoms with Gasteiger partial charge in [0.15, 0.2) is 0 Å². The summed E-state index contributed by atoms with van der Waals surface area (Å²) in [6.07, 6.45) is 14.0. The Hall–Kier alpha value is -1.58. The molecule has 0 radical (unpaired) electrons. The summed E-state index contributed by atoms with van der Waals surface area (Å²) in [6.45, 7) is 5.35. The predicted molar refractivity (Wildman–Crippen MR) is 92.8 cm³/mol. The van der Waals surface area contributed by atoms with Gasteiger partial charge in [-0.15, -0.1) is 0 Å². The third-order valence-corrected chi connectivity index (χ3v) is 4.76. The number of allylic oxidation sites excluding steroid dienone is 4. The third kappa shape index (κ3) is 5.85. The smallest absolute Gasteiger partial charge is 0.223 e. The zero-order chi connectivity index (χ0) is 16.7. The van der Waals surface area contributed by atoms with Gasteiger partial charge in [-0.05, 0) is 43.9 Å². The van der Waals surface area contributed by atoms with Crippen molar-refractivity contribution in [1.82, 2.24) is 10.6 Å². The average Bonchev–Trinajstić information content (AvgIpc) is 2.59. The van der Waals surface area contributed by atoms with E-state index in [1.807, 2.05) is 0 Å². The fourth-order valence-corrected chi connectivity index (χ4v) is 3.07. The van der Waals surface area contributed by atoms with Gasteiger partial charge in [0, 0.05) is 24.9 Å². The van der Waals surface area contributed by atoms with E-state index >= 15 is 0 Å². The Morgan fingerprint density at radius 3 is 1.65 bits per heavy atom. The van der Waals surface area contributed by atoms with Crippen LogP contribution in [-0.4, -0.2) is 24.9 Å². The molecule has 0 fully saturated rings. The van der Waals surface area contributed by atoms with E-state index in [0.717, 1.165) is 38.5 Å². The fourth-order valence-electron chi connectivity index (χ4n) is 3.07. The second-order valence-corrected chi connectivity index (χ2v) is 7.56. The van der Waals surface area contributed by atoms with Crippen molar-refractivity contribution in [3.05, 3.63) is 24.3 Å². The van der Waals surface area contributed by atoms with E-state index in [4.69, 9.17) is 0 Å². The number of rotatable bonds is 6. The van der Waals surface area contributed by atoms with Crippen LogP contribution in [0.3, 0.4) is 0 Å². The normalized spacial score (nSPS) is 24.3. The van der Waals surface area contributed by atoms with Crippen molar-refractivity contribution in [3.8, 4) is 0 Å². The van der Waals surface area contributed by atoms with E-state index in [2.05, 4.69) is 48.8 Å². The zero-order valence-electron chi connectivity index (χ0n) is 14.4. The molecule has 0 aliphatic heterocycles. The molecule has 0 aromatic carbocycles. The molecule has 2 N–H and O–H groups in total. The van der Waals surface area contributed by atoms with Crippen LogP contribution in [0.15, 0.2) is 24.3 Å². The van der Waals surface area contributed by atoms with Gasteiger partial charge in [0.1, 0.15) is 0 Å². The summed E-state index contributed by atoms with van der Waals surface area (Å²) in [7, 11) is 0. The molecule has 0 heterocycles. The number of hydrogen-bond donors (Lipinski definition) is 2. The molecule has 23 heavy (non-hydrogen) atoms. The first kappa shape index (κ1) is 17.8. The Balaban J connectivity index is 1.70. The third-order valence-electron chi connectivity index (χ3n) is 4.76. The molecule has 2 atom stereocenters. The maximum atomic E-state index is 12.2. The van der Waals surface area contributed by atoms with Crippen molar-refractivity contribution >= 4 is 11.8 Å². The quantitative estimate of drug-likeness (QED) is 0.740. The first-order valence-electron chi connectivity index (χ1n) is 8.83. The molecule has 0 aromatic rings. The number of carbonyl (C=O) groups is 2. The molecule has 2 rings (SSSR count). The standard InChI is InChI=1S/C19H30N2O2/c1-19(2,13-20-17(22)15-9-5-3-6-10-15)14-21-18(23)16-11-7-4-8-12-16/h3-5,7,15-16H,6,8-14H2,1-2H3,(H,20,22)(H,21,23). The van der Waals surface area contributed by atoms with Gasteiger partial charge in [0.2, 0.25) is 11.8 Å². The monoisotopic (exact) mass is 318 g/mol. The molecule has 0 spiro atoms. The molecular weight excluding hydrogens is 288 g/mol. The van der Waals surface area contributed by atoms with Gasteiger partial charge >= 0.3 is 0 Å². The van der Waals surface area contributed by atoms with Crippen LogP contribution in [0.5, 0.6) is 0 Å². The van der Waals surface area contributed by atoms with Gasteiger partial charge in [-0.25, -0.2) is 0 Å². The largest absolute Gasteiger partial charge is 0.355 e. The van der Waals surface area contributed by atoms with Gasteiger partial charge in [-0.3, -0.25) is 9.59 Å². The Morgan fingerprint density at radius 1 is 0.870 bits per heavy atom. The summed E-state index contributed by atoms with van der Waals surface area (Å²) in [5.74, 6) is 0.510. The lowest BCUT2D eigenvalue weighted by Gasteiger charge is -2.28. The maximum Gasteiger partial charge on any atom is 0.223 e. The number of hydrogen-bond acceptors (Lipinski definition) is 2. The highest BCUT2D eigenvalue weighted by molar-refractivity contribution is 5.79. The van der Waals surface area contributed by atoms with Crippen molar-refractivity contribution in [2.45, 2.75) is 52.4 Å². The molecule has 2 aliphatic rings. The molecule has 4 nitrogen and oxygen atoms in total. The average molecular weight is 318 g/mol.